The molecule has 0 aliphatic rings. The van der Waals surface area contributed by atoms with Gasteiger partial charge in [0.15, 0.2) is 11.6 Å². The Hall–Kier alpha value is -2.01. The Bertz CT molecular complexity index is 686. The fourth-order valence-electron chi connectivity index (χ4n) is 1.97. The van der Waals surface area contributed by atoms with Crippen LogP contribution in [-0.2, 0) is 0 Å². The van der Waals surface area contributed by atoms with E-state index in [0.717, 1.165) is 16.8 Å². The van der Waals surface area contributed by atoms with E-state index >= 15 is 0 Å². The zero-order valence-corrected chi connectivity index (χ0v) is 12.3. The number of rotatable bonds is 3. The van der Waals surface area contributed by atoms with Crippen molar-refractivity contribution < 1.29 is 9.13 Å². The van der Waals surface area contributed by atoms with E-state index in [1.54, 1.807) is 12.1 Å². The smallest absolute Gasteiger partial charge is 0.230 e. The summed E-state index contributed by atoms with van der Waals surface area (Å²) in [6.07, 6.45) is 0. The molecule has 0 aliphatic heterocycles. The van der Waals surface area contributed by atoms with E-state index in [4.69, 9.17) is 22.7 Å². The monoisotopic (exact) mass is 290 g/mol. The van der Waals surface area contributed by atoms with Gasteiger partial charge in [0.05, 0.1) is 5.56 Å². The maximum atomic E-state index is 13.8. The molecule has 0 amide bonds. The number of ether oxygens (including phenoxy) is 1. The molecule has 20 heavy (non-hydrogen) atoms. The topological polar surface area (TPSA) is 48.1 Å². The Kier molecular flexibility index (Phi) is 3.99. The summed E-state index contributed by atoms with van der Waals surface area (Å²) in [6.45, 7) is 5.55. The predicted molar refractivity (Wildman–Crippen MR) is 80.8 cm³/mol. The zero-order valence-electron chi connectivity index (χ0n) is 11.5. The first-order chi connectivity index (χ1) is 9.38. The lowest BCUT2D eigenvalue weighted by atomic mass is 10.1. The third-order valence-electron chi connectivity index (χ3n) is 2.85. The van der Waals surface area contributed by atoms with Crippen LogP contribution in [0.1, 0.15) is 22.4 Å². The summed E-state index contributed by atoms with van der Waals surface area (Å²) in [7, 11) is 0. The molecule has 1 aromatic heterocycles. The van der Waals surface area contributed by atoms with Gasteiger partial charge in [-0.1, -0.05) is 18.3 Å². The van der Waals surface area contributed by atoms with Crippen molar-refractivity contribution in [2.45, 2.75) is 20.8 Å². The van der Waals surface area contributed by atoms with Crippen LogP contribution in [0.2, 0.25) is 0 Å². The van der Waals surface area contributed by atoms with Gasteiger partial charge in [-0.15, -0.1) is 0 Å². The van der Waals surface area contributed by atoms with Crippen molar-refractivity contribution in [3.8, 4) is 11.6 Å². The van der Waals surface area contributed by atoms with Crippen molar-refractivity contribution in [3.05, 3.63) is 52.5 Å². The number of thiocarbonyl (C=S) groups is 1. The molecule has 0 saturated heterocycles. The number of hydrogen-bond donors (Lipinski definition) is 1. The van der Waals surface area contributed by atoms with E-state index in [-0.39, 0.29) is 16.6 Å². The van der Waals surface area contributed by atoms with Gasteiger partial charge in [-0.2, -0.15) is 0 Å². The zero-order chi connectivity index (χ0) is 14.9. The SMILES string of the molecule is Cc1ccc(F)c(Oc2nc(C)cc(C)c2C(N)=S)c1. The lowest BCUT2D eigenvalue weighted by Crippen LogP contribution is -2.14. The fourth-order valence-corrected chi connectivity index (χ4v) is 2.22. The van der Waals surface area contributed by atoms with Crippen molar-refractivity contribution >= 4 is 17.2 Å². The molecule has 104 valence electrons. The first-order valence-electron chi connectivity index (χ1n) is 6.10. The second kappa shape index (κ2) is 5.54. The van der Waals surface area contributed by atoms with Crippen LogP contribution in [-0.4, -0.2) is 9.97 Å². The van der Waals surface area contributed by atoms with Crippen LogP contribution in [0.3, 0.4) is 0 Å². The van der Waals surface area contributed by atoms with Crippen molar-refractivity contribution in [2.24, 2.45) is 5.73 Å². The molecule has 0 atom stereocenters. The van der Waals surface area contributed by atoms with Crippen molar-refractivity contribution in [3.63, 3.8) is 0 Å². The van der Waals surface area contributed by atoms with E-state index in [1.165, 1.54) is 6.07 Å². The average Bonchev–Trinajstić information content (AvgIpc) is 2.32. The second-order valence-corrected chi connectivity index (χ2v) is 5.10. The minimum absolute atomic E-state index is 0.111. The Labute approximate surface area is 122 Å². The highest BCUT2D eigenvalue weighted by Crippen LogP contribution is 2.28. The van der Waals surface area contributed by atoms with Crippen molar-refractivity contribution in [1.82, 2.24) is 4.98 Å². The summed E-state index contributed by atoms with van der Waals surface area (Å²) in [5.41, 5.74) is 8.74. The molecule has 2 aromatic rings. The number of nitrogens with zero attached hydrogens (tertiary/aromatic N) is 1. The summed E-state index contributed by atoms with van der Waals surface area (Å²) in [5, 5.41) is 0. The van der Waals surface area contributed by atoms with E-state index in [0.29, 0.717) is 5.56 Å². The normalized spacial score (nSPS) is 10.4. The maximum absolute atomic E-state index is 13.8. The van der Waals surface area contributed by atoms with Crippen molar-refractivity contribution in [1.29, 1.82) is 0 Å². The molecule has 0 saturated carbocycles. The Morgan fingerprint density at radius 2 is 1.95 bits per heavy atom. The summed E-state index contributed by atoms with van der Waals surface area (Å²) in [6, 6.07) is 6.49. The van der Waals surface area contributed by atoms with Crippen LogP contribution in [0.15, 0.2) is 24.3 Å². The molecule has 3 nitrogen and oxygen atoms in total. The van der Waals surface area contributed by atoms with E-state index in [9.17, 15) is 4.39 Å². The number of benzene rings is 1. The van der Waals surface area contributed by atoms with Gasteiger partial charge in [-0.05, 0) is 50.1 Å². The Morgan fingerprint density at radius 3 is 2.60 bits per heavy atom. The van der Waals surface area contributed by atoms with Crippen LogP contribution in [0.25, 0.3) is 0 Å². The molecule has 0 radical (unpaired) electrons. The first-order valence-corrected chi connectivity index (χ1v) is 6.51. The first kappa shape index (κ1) is 14.4. The van der Waals surface area contributed by atoms with Gasteiger partial charge in [-0.25, -0.2) is 9.37 Å². The van der Waals surface area contributed by atoms with Gasteiger partial charge in [-0.3, -0.25) is 0 Å². The lowest BCUT2D eigenvalue weighted by Gasteiger charge is -2.13. The number of aromatic nitrogens is 1. The molecule has 1 aromatic carbocycles. The Morgan fingerprint density at radius 1 is 1.25 bits per heavy atom. The third kappa shape index (κ3) is 2.93. The van der Waals surface area contributed by atoms with Gasteiger partial charge in [0.25, 0.3) is 0 Å². The van der Waals surface area contributed by atoms with Crippen LogP contribution >= 0.6 is 12.2 Å². The quantitative estimate of drug-likeness (QED) is 0.878. The highest BCUT2D eigenvalue weighted by molar-refractivity contribution is 7.80. The number of nitrogens with two attached hydrogens (primary N) is 1. The van der Waals surface area contributed by atoms with E-state index < -0.39 is 5.82 Å². The summed E-state index contributed by atoms with van der Waals surface area (Å²) in [5.74, 6) is -0.107. The van der Waals surface area contributed by atoms with Gasteiger partial charge in [0.1, 0.15) is 4.99 Å². The summed E-state index contributed by atoms with van der Waals surface area (Å²) >= 11 is 5.02. The summed E-state index contributed by atoms with van der Waals surface area (Å²) in [4.78, 5) is 4.44. The fraction of sp³-hybridized carbons (Fsp3) is 0.200. The third-order valence-corrected chi connectivity index (χ3v) is 3.06. The summed E-state index contributed by atoms with van der Waals surface area (Å²) < 4.78 is 19.4. The molecule has 0 aliphatic carbocycles. The van der Waals surface area contributed by atoms with E-state index in [1.807, 2.05) is 26.8 Å². The Balaban J connectivity index is 2.53. The average molecular weight is 290 g/mol. The lowest BCUT2D eigenvalue weighted by molar-refractivity contribution is 0.425. The minimum atomic E-state index is -0.453. The molecular weight excluding hydrogens is 275 g/mol. The van der Waals surface area contributed by atoms with Gasteiger partial charge < -0.3 is 10.5 Å². The molecule has 2 rings (SSSR count). The van der Waals surface area contributed by atoms with Crippen molar-refractivity contribution in [2.75, 3.05) is 0 Å². The van der Waals surface area contributed by atoms with Gasteiger partial charge in [0.2, 0.25) is 5.88 Å². The van der Waals surface area contributed by atoms with E-state index in [2.05, 4.69) is 4.98 Å². The molecule has 2 N–H and O–H groups in total. The molecule has 5 heteroatoms. The second-order valence-electron chi connectivity index (χ2n) is 4.66. The highest BCUT2D eigenvalue weighted by atomic mass is 32.1. The molecule has 0 spiro atoms. The minimum Gasteiger partial charge on any atom is -0.435 e. The molecule has 0 fully saturated rings. The maximum Gasteiger partial charge on any atom is 0.230 e. The number of aryl methyl sites for hydroxylation is 3. The number of halogens is 1. The predicted octanol–water partition coefficient (Wildman–Crippen LogP) is 3.57. The highest BCUT2D eigenvalue weighted by Gasteiger charge is 2.15. The molecule has 0 bridgehead atoms. The largest absolute Gasteiger partial charge is 0.435 e. The number of hydrogen-bond acceptors (Lipinski definition) is 3. The number of pyridine rings is 1. The van der Waals surface area contributed by atoms with Crippen LogP contribution in [0.5, 0.6) is 11.6 Å². The molecule has 0 unspecified atom stereocenters. The van der Waals surface area contributed by atoms with Gasteiger partial charge in [0, 0.05) is 5.69 Å². The molecule has 1 heterocycles. The van der Waals surface area contributed by atoms with Crippen LogP contribution < -0.4 is 10.5 Å². The standard InChI is InChI=1S/C15H15FN2OS/c1-8-4-5-11(16)12(6-8)19-15-13(14(17)20)9(2)7-10(3)18-15/h4-7H,1-3H3,(H2,17,20). The van der Waals surface area contributed by atoms with Crippen LogP contribution in [0.4, 0.5) is 4.39 Å². The van der Waals surface area contributed by atoms with Crippen LogP contribution in [0, 0.1) is 26.6 Å². The molecular formula is C15H15FN2OS. The van der Waals surface area contributed by atoms with Gasteiger partial charge >= 0.3 is 0 Å².